The molecule has 0 aliphatic carbocycles. The first-order valence-electron chi connectivity index (χ1n) is 8.08. The quantitative estimate of drug-likeness (QED) is 0.572. The summed E-state index contributed by atoms with van der Waals surface area (Å²) < 4.78 is 0. The van der Waals surface area contributed by atoms with E-state index in [2.05, 4.69) is 27.5 Å². The second kappa shape index (κ2) is 8.76. The van der Waals surface area contributed by atoms with E-state index in [4.69, 9.17) is 0 Å². The zero-order valence-corrected chi connectivity index (χ0v) is 14.0. The lowest BCUT2D eigenvalue weighted by Crippen LogP contribution is -2.13. The van der Waals surface area contributed by atoms with Gasteiger partial charge in [-0.3, -0.25) is 9.59 Å². The molecule has 0 saturated heterocycles. The number of hydrogen-bond acceptors (Lipinski definition) is 5. The maximum absolute atomic E-state index is 12.2. The Bertz CT molecular complexity index is 681. The molecule has 0 aliphatic rings. The fraction of sp³-hybridized carbons (Fsp3) is 0.333. The van der Waals surface area contributed by atoms with Gasteiger partial charge in [-0.05, 0) is 37.6 Å². The topological polar surface area (TPSA) is 84.0 Å². The van der Waals surface area contributed by atoms with Crippen molar-refractivity contribution in [2.75, 3.05) is 17.2 Å². The van der Waals surface area contributed by atoms with Crippen molar-refractivity contribution in [3.63, 3.8) is 0 Å². The van der Waals surface area contributed by atoms with Gasteiger partial charge in [-0.2, -0.15) is 0 Å². The molecule has 2 N–H and O–H groups in total. The molecule has 6 nitrogen and oxygen atoms in total. The largest absolute Gasteiger partial charge is 0.354 e. The summed E-state index contributed by atoms with van der Waals surface area (Å²) in [5, 5.41) is 5.88. The van der Waals surface area contributed by atoms with Crippen LogP contribution in [0.3, 0.4) is 0 Å². The Balaban J connectivity index is 1.91. The molecule has 0 bridgehead atoms. The first kappa shape index (κ1) is 17.6. The molecular formula is C18H22N4O2. The van der Waals surface area contributed by atoms with Crippen molar-refractivity contribution >= 4 is 23.3 Å². The third-order valence-electron chi connectivity index (χ3n) is 3.53. The van der Waals surface area contributed by atoms with Crippen LogP contribution in [0, 0.1) is 0 Å². The van der Waals surface area contributed by atoms with Crippen molar-refractivity contribution in [3.05, 3.63) is 47.8 Å². The average Bonchev–Trinajstić information content (AvgIpc) is 2.59. The number of carbonyl (C=O) groups excluding carboxylic acids is 2. The molecule has 1 aromatic heterocycles. The van der Waals surface area contributed by atoms with Gasteiger partial charge in [0.25, 0.3) is 5.91 Å². The molecule has 0 atom stereocenters. The highest BCUT2D eigenvalue weighted by atomic mass is 16.1. The van der Waals surface area contributed by atoms with E-state index in [9.17, 15) is 9.59 Å². The Morgan fingerprint density at radius 3 is 2.25 bits per heavy atom. The monoisotopic (exact) mass is 326 g/mol. The van der Waals surface area contributed by atoms with Gasteiger partial charge in [0.15, 0.2) is 5.78 Å². The lowest BCUT2D eigenvalue weighted by atomic mass is 10.1. The van der Waals surface area contributed by atoms with Gasteiger partial charge in [0.2, 0.25) is 5.95 Å². The highest BCUT2D eigenvalue weighted by Gasteiger charge is 2.08. The summed E-state index contributed by atoms with van der Waals surface area (Å²) in [4.78, 5) is 31.7. The summed E-state index contributed by atoms with van der Waals surface area (Å²) in [6.07, 6.45) is 6.38. The molecule has 0 unspecified atom stereocenters. The summed E-state index contributed by atoms with van der Waals surface area (Å²) in [7, 11) is 0. The molecule has 0 spiro atoms. The number of ketones is 1. The Labute approximate surface area is 141 Å². The van der Waals surface area contributed by atoms with E-state index in [1.165, 1.54) is 19.3 Å². The fourth-order valence-electron chi connectivity index (χ4n) is 2.10. The van der Waals surface area contributed by atoms with Gasteiger partial charge in [-0.25, -0.2) is 9.97 Å². The smallest absolute Gasteiger partial charge is 0.258 e. The fourth-order valence-corrected chi connectivity index (χ4v) is 2.10. The zero-order chi connectivity index (χ0) is 17.4. The number of unbranched alkanes of at least 4 members (excludes halogenated alkanes) is 2. The first-order valence-corrected chi connectivity index (χ1v) is 8.08. The van der Waals surface area contributed by atoms with Crippen LogP contribution < -0.4 is 10.6 Å². The number of amides is 1. The van der Waals surface area contributed by atoms with Crippen LogP contribution in [-0.2, 0) is 0 Å². The summed E-state index contributed by atoms with van der Waals surface area (Å²) in [6, 6.07) is 6.74. The zero-order valence-electron chi connectivity index (χ0n) is 14.0. The van der Waals surface area contributed by atoms with E-state index < -0.39 is 0 Å². The molecular weight excluding hydrogens is 304 g/mol. The number of benzene rings is 1. The van der Waals surface area contributed by atoms with Crippen LogP contribution in [0.1, 0.15) is 53.8 Å². The number of hydrogen-bond donors (Lipinski definition) is 2. The predicted octanol–water partition coefficient (Wildman–Crippen LogP) is 3.53. The van der Waals surface area contributed by atoms with Gasteiger partial charge >= 0.3 is 0 Å². The molecule has 0 aliphatic heterocycles. The lowest BCUT2D eigenvalue weighted by molar-refractivity contribution is 0.101. The van der Waals surface area contributed by atoms with Crippen LogP contribution in [0.5, 0.6) is 0 Å². The van der Waals surface area contributed by atoms with Crippen molar-refractivity contribution in [1.29, 1.82) is 0 Å². The van der Waals surface area contributed by atoms with E-state index in [1.54, 1.807) is 24.3 Å². The highest BCUT2D eigenvalue weighted by Crippen LogP contribution is 2.12. The van der Waals surface area contributed by atoms with E-state index >= 15 is 0 Å². The summed E-state index contributed by atoms with van der Waals surface area (Å²) in [5.74, 6) is 0.222. The number of aromatic nitrogens is 2. The molecule has 126 valence electrons. The molecule has 1 amide bonds. The Morgan fingerprint density at radius 2 is 1.67 bits per heavy atom. The maximum Gasteiger partial charge on any atom is 0.258 e. The van der Waals surface area contributed by atoms with Crippen LogP contribution in [0.2, 0.25) is 0 Å². The van der Waals surface area contributed by atoms with E-state index in [0.29, 0.717) is 22.8 Å². The minimum atomic E-state index is -0.289. The van der Waals surface area contributed by atoms with Crippen LogP contribution in [0.4, 0.5) is 11.6 Å². The SMILES string of the molecule is CCCCCNc1ncc(C(=O)Nc2ccc(C(C)=O)cc2)cn1. The van der Waals surface area contributed by atoms with Gasteiger partial charge < -0.3 is 10.6 Å². The molecule has 0 fully saturated rings. The van der Waals surface area contributed by atoms with Gasteiger partial charge in [0.1, 0.15) is 0 Å². The third kappa shape index (κ3) is 5.15. The minimum absolute atomic E-state index is 0.0108. The standard InChI is InChI=1S/C18H22N4O2/c1-3-4-5-10-19-18-20-11-15(12-21-18)17(24)22-16-8-6-14(7-9-16)13(2)23/h6-9,11-12H,3-5,10H2,1-2H3,(H,22,24)(H,19,20,21). The van der Waals surface area contributed by atoms with Crippen LogP contribution >= 0.6 is 0 Å². The second-order valence-electron chi connectivity index (χ2n) is 5.52. The van der Waals surface area contributed by atoms with Crippen LogP contribution in [0.25, 0.3) is 0 Å². The molecule has 0 saturated carbocycles. The van der Waals surface area contributed by atoms with Crippen molar-refractivity contribution in [2.24, 2.45) is 0 Å². The average molecular weight is 326 g/mol. The second-order valence-corrected chi connectivity index (χ2v) is 5.52. The number of nitrogens with one attached hydrogen (secondary N) is 2. The molecule has 2 aromatic rings. The van der Waals surface area contributed by atoms with Crippen LogP contribution in [-0.4, -0.2) is 28.2 Å². The molecule has 24 heavy (non-hydrogen) atoms. The molecule has 6 heteroatoms. The maximum atomic E-state index is 12.2. The predicted molar refractivity (Wildman–Crippen MR) is 94.4 cm³/mol. The minimum Gasteiger partial charge on any atom is -0.354 e. The Hall–Kier alpha value is -2.76. The third-order valence-corrected chi connectivity index (χ3v) is 3.53. The van der Waals surface area contributed by atoms with Gasteiger partial charge in [-0.1, -0.05) is 19.8 Å². The van der Waals surface area contributed by atoms with Gasteiger partial charge in [-0.15, -0.1) is 0 Å². The van der Waals surface area contributed by atoms with Crippen LogP contribution in [0.15, 0.2) is 36.7 Å². The lowest BCUT2D eigenvalue weighted by Gasteiger charge is -2.07. The van der Waals surface area contributed by atoms with Gasteiger partial charge in [0.05, 0.1) is 5.56 Å². The summed E-state index contributed by atoms with van der Waals surface area (Å²) in [6.45, 7) is 4.47. The van der Waals surface area contributed by atoms with Crippen molar-refractivity contribution in [1.82, 2.24) is 9.97 Å². The number of Topliss-reactive ketones (excluding diaryl/α,β-unsaturated/α-hetero) is 1. The number of rotatable bonds is 8. The van der Waals surface area contributed by atoms with E-state index in [-0.39, 0.29) is 11.7 Å². The van der Waals surface area contributed by atoms with Gasteiger partial charge in [0, 0.05) is 30.2 Å². The Kier molecular flexibility index (Phi) is 6.42. The van der Waals surface area contributed by atoms with E-state index in [1.807, 2.05) is 0 Å². The van der Waals surface area contributed by atoms with Crippen molar-refractivity contribution in [2.45, 2.75) is 33.1 Å². The molecule has 1 heterocycles. The normalized spacial score (nSPS) is 10.2. The number of anilines is 2. The summed E-state index contributed by atoms with van der Waals surface area (Å²) >= 11 is 0. The van der Waals surface area contributed by atoms with Crippen molar-refractivity contribution < 1.29 is 9.59 Å². The van der Waals surface area contributed by atoms with E-state index in [0.717, 1.165) is 25.8 Å². The molecule has 0 radical (unpaired) electrons. The molecule has 2 rings (SSSR count). The molecule has 1 aromatic carbocycles. The first-order chi connectivity index (χ1) is 11.6. The highest BCUT2D eigenvalue weighted by molar-refractivity contribution is 6.04. The number of carbonyl (C=O) groups is 2. The Morgan fingerprint density at radius 1 is 1.00 bits per heavy atom. The van der Waals surface area contributed by atoms with Crippen molar-refractivity contribution in [3.8, 4) is 0 Å². The number of nitrogens with zero attached hydrogens (tertiary/aromatic N) is 2. The summed E-state index contributed by atoms with van der Waals surface area (Å²) in [5.41, 5.74) is 1.60.